The molecule has 0 aromatic heterocycles. The summed E-state index contributed by atoms with van der Waals surface area (Å²) < 4.78 is 0. The first-order valence-electron chi connectivity index (χ1n) is 6.44. The molecule has 1 nitrogen and oxygen atoms in total. The topological polar surface area (TPSA) is 20.2 Å². The molecule has 0 fully saturated rings. The van der Waals surface area contributed by atoms with Crippen LogP contribution < -0.4 is 0 Å². The van der Waals surface area contributed by atoms with Crippen molar-refractivity contribution >= 4 is 5.57 Å². The number of hydrogen-bond donors (Lipinski definition) is 1. The zero-order valence-corrected chi connectivity index (χ0v) is 11.2. The molecule has 2 aromatic rings. The van der Waals surface area contributed by atoms with Gasteiger partial charge in [-0.15, -0.1) is 0 Å². The molecule has 1 N–H and O–H groups in total. The van der Waals surface area contributed by atoms with Crippen LogP contribution >= 0.6 is 0 Å². The molecule has 0 amide bonds. The van der Waals surface area contributed by atoms with Gasteiger partial charge in [-0.05, 0) is 11.1 Å². The average Bonchev–Trinajstić information content (AvgIpc) is 2.53. The molecule has 98 valence electrons. The second-order valence-electron chi connectivity index (χ2n) is 4.18. The molecule has 0 unspecified atom stereocenters. The number of hydrogen-bond acceptors (Lipinski definition) is 1. The lowest BCUT2D eigenvalue weighted by Gasteiger charge is -2.10. The number of aliphatic hydroxyl groups is 1. The van der Waals surface area contributed by atoms with Crippen LogP contribution in [-0.2, 0) is 0 Å². The van der Waals surface area contributed by atoms with Crippen molar-refractivity contribution in [1.29, 1.82) is 0 Å². The van der Waals surface area contributed by atoms with Crippen LogP contribution in [0.2, 0.25) is 0 Å². The van der Waals surface area contributed by atoms with E-state index in [1.165, 1.54) is 0 Å². The first kappa shape index (κ1) is 13.9. The van der Waals surface area contributed by atoms with Gasteiger partial charge in [-0.25, -0.2) is 0 Å². The van der Waals surface area contributed by atoms with E-state index >= 15 is 0 Å². The molecule has 0 radical (unpaired) electrons. The van der Waals surface area contributed by atoms with Gasteiger partial charge in [-0.1, -0.05) is 85.2 Å². The van der Waals surface area contributed by atoms with Crippen LogP contribution in [0.15, 0.2) is 78.9 Å². The maximum Gasteiger partial charge on any atom is 0.104 e. The fourth-order valence-electron chi connectivity index (χ4n) is 2.04. The third-order valence-electron chi connectivity index (χ3n) is 2.90. The van der Waals surface area contributed by atoms with Crippen molar-refractivity contribution < 1.29 is 5.11 Å². The summed E-state index contributed by atoms with van der Waals surface area (Å²) in [5.41, 5.74) is 4.01. The van der Waals surface area contributed by atoms with Gasteiger partial charge in [0.25, 0.3) is 0 Å². The second kappa shape index (κ2) is 7.13. The SMILES string of the molecule is C=CC(C#CCO)=C(c1ccccc1)c1ccccc1. The van der Waals surface area contributed by atoms with E-state index < -0.39 is 0 Å². The van der Waals surface area contributed by atoms with Crippen LogP contribution in [0.1, 0.15) is 11.1 Å². The maximum absolute atomic E-state index is 8.90. The van der Waals surface area contributed by atoms with E-state index in [1.807, 2.05) is 60.7 Å². The van der Waals surface area contributed by atoms with E-state index in [0.29, 0.717) is 0 Å². The molecule has 2 aromatic carbocycles. The minimum absolute atomic E-state index is 0.159. The highest BCUT2D eigenvalue weighted by atomic mass is 16.2. The second-order valence-corrected chi connectivity index (χ2v) is 4.18. The van der Waals surface area contributed by atoms with Gasteiger partial charge >= 0.3 is 0 Å². The number of allylic oxidation sites excluding steroid dienone is 2. The summed E-state index contributed by atoms with van der Waals surface area (Å²) in [6, 6.07) is 20.2. The van der Waals surface area contributed by atoms with Crippen LogP contribution in [0.25, 0.3) is 5.57 Å². The summed E-state index contributed by atoms with van der Waals surface area (Å²) in [6.07, 6.45) is 1.73. The van der Waals surface area contributed by atoms with Gasteiger partial charge in [0.2, 0.25) is 0 Å². The molecule has 0 spiro atoms. The highest BCUT2D eigenvalue weighted by molar-refractivity contribution is 5.86. The van der Waals surface area contributed by atoms with Gasteiger partial charge < -0.3 is 5.11 Å². The summed E-state index contributed by atoms with van der Waals surface area (Å²) in [5, 5.41) is 8.90. The van der Waals surface area contributed by atoms with Crippen molar-refractivity contribution in [2.75, 3.05) is 6.61 Å². The number of rotatable bonds is 3. The fraction of sp³-hybridized carbons (Fsp3) is 0.0526. The molecular weight excluding hydrogens is 244 g/mol. The Kier molecular flexibility index (Phi) is 4.94. The molecule has 20 heavy (non-hydrogen) atoms. The van der Waals surface area contributed by atoms with Crippen LogP contribution in [0.4, 0.5) is 0 Å². The van der Waals surface area contributed by atoms with Crippen LogP contribution in [0.5, 0.6) is 0 Å². The highest BCUT2D eigenvalue weighted by Gasteiger charge is 2.08. The summed E-state index contributed by atoms with van der Waals surface area (Å²) in [4.78, 5) is 0. The van der Waals surface area contributed by atoms with Crippen LogP contribution in [0.3, 0.4) is 0 Å². The number of aliphatic hydroxyl groups excluding tert-OH is 1. The maximum atomic E-state index is 8.90. The van der Waals surface area contributed by atoms with Gasteiger partial charge in [0.1, 0.15) is 6.61 Å². The number of benzene rings is 2. The van der Waals surface area contributed by atoms with Crippen molar-refractivity contribution in [3.8, 4) is 11.8 Å². The summed E-state index contributed by atoms with van der Waals surface area (Å²) in [7, 11) is 0. The largest absolute Gasteiger partial charge is 0.384 e. The van der Waals surface area contributed by atoms with Gasteiger partial charge in [-0.3, -0.25) is 0 Å². The average molecular weight is 260 g/mol. The van der Waals surface area contributed by atoms with Gasteiger partial charge in [0.15, 0.2) is 0 Å². The molecule has 0 aliphatic carbocycles. The van der Waals surface area contributed by atoms with Crippen LogP contribution in [-0.4, -0.2) is 11.7 Å². The van der Waals surface area contributed by atoms with Crippen molar-refractivity contribution in [2.45, 2.75) is 0 Å². The lowest BCUT2D eigenvalue weighted by molar-refractivity contribution is 0.350. The Balaban J connectivity index is 2.67. The minimum Gasteiger partial charge on any atom is -0.384 e. The molecule has 0 atom stereocenters. The smallest absolute Gasteiger partial charge is 0.104 e. The van der Waals surface area contributed by atoms with Crippen LogP contribution in [0, 0.1) is 11.8 Å². The first-order chi connectivity index (χ1) is 9.86. The monoisotopic (exact) mass is 260 g/mol. The van der Waals surface area contributed by atoms with Gasteiger partial charge in [-0.2, -0.15) is 0 Å². The third kappa shape index (κ3) is 3.26. The zero-order chi connectivity index (χ0) is 14.2. The van der Waals surface area contributed by atoms with E-state index in [2.05, 4.69) is 18.4 Å². The summed E-state index contributed by atoms with van der Waals surface area (Å²) in [6.45, 7) is 3.69. The fourth-order valence-corrected chi connectivity index (χ4v) is 2.04. The van der Waals surface area contributed by atoms with E-state index in [0.717, 1.165) is 22.3 Å². The molecule has 0 saturated carbocycles. The molecule has 0 aliphatic rings. The normalized spacial score (nSPS) is 9.25. The van der Waals surface area contributed by atoms with Crippen molar-refractivity contribution in [3.05, 3.63) is 90.0 Å². The Morgan fingerprint density at radius 2 is 1.45 bits per heavy atom. The van der Waals surface area contributed by atoms with Crippen molar-refractivity contribution in [1.82, 2.24) is 0 Å². The minimum atomic E-state index is -0.159. The molecule has 0 heterocycles. The summed E-state index contributed by atoms with van der Waals surface area (Å²) >= 11 is 0. The molecule has 0 aliphatic heterocycles. The molecule has 0 saturated heterocycles. The Bertz CT molecular complexity index is 614. The van der Waals surface area contributed by atoms with Gasteiger partial charge in [0.05, 0.1) is 0 Å². The van der Waals surface area contributed by atoms with Crippen molar-refractivity contribution in [3.63, 3.8) is 0 Å². The Morgan fingerprint density at radius 3 is 1.85 bits per heavy atom. The molecule has 1 heteroatoms. The standard InChI is InChI=1S/C19H16O/c1-2-16(14-9-15-20)19(17-10-5-3-6-11-17)18-12-7-4-8-13-18/h2-8,10-13,20H,1,15H2. The van der Waals surface area contributed by atoms with E-state index in [1.54, 1.807) is 6.08 Å². The lowest BCUT2D eigenvalue weighted by atomic mass is 9.93. The molecule has 0 bridgehead atoms. The van der Waals surface area contributed by atoms with Gasteiger partial charge in [0, 0.05) is 11.1 Å². The van der Waals surface area contributed by atoms with Crippen molar-refractivity contribution in [2.24, 2.45) is 0 Å². The predicted molar refractivity (Wildman–Crippen MR) is 84.0 cm³/mol. The van der Waals surface area contributed by atoms with E-state index in [9.17, 15) is 0 Å². The zero-order valence-electron chi connectivity index (χ0n) is 11.2. The van der Waals surface area contributed by atoms with E-state index in [4.69, 9.17) is 5.11 Å². The molecular formula is C19H16O. The quantitative estimate of drug-likeness (QED) is 0.659. The Morgan fingerprint density at radius 1 is 0.950 bits per heavy atom. The predicted octanol–water partition coefficient (Wildman–Crippen LogP) is 3.67. The Labute approximate surface area is 119 Å². The lowest BCUT2D eigenvalue weighted by Crippen LogP contribution is -1.92. The first-order valence-corrected chi connectivity index (χ1v) is 6.44. The summed E-state index contributed by atoms with van der Waals surface area (Å²) in [5.74, 6) is 5.67. The Hall–Kier alpha value is -2.56. The third-order valence-corrected chi connectivity index (χ3v) is 2.90. The highest BCUT2D eigenvalue weighted by Crippen LogP contribution is 2.27. The molecule has 2 rings (SSSR count). The van der Waals surface area contributed by atoms with E-state index in [-0.39, 0.29) is 6.61 Å².